The van der Waals surface area contributed by atoms with Crippen molar-refractivity contribution < 1.29 is 9.18 Å². The lowest BCUT2D eigenvalue weighted by atomic mass is 10.1. The van der Waals surface area contributed by atoms with Crippen molar-refractivity contribution in [2.75, 3.05) is 0 Å². The highest BCUT2D eigenvalue weighted by Crippen LogP contribution is 2.18. The van der Waals surface area contributed by atoms with E-state index in [1.54, 1.807) is 18.2 Å². The molecule has 3 aromatic rings. The van der Waals surface area contributed by atoms with Gasteiger partial charge in [-0.15, -0.1) is 0 Å². The summed E-state index contributed by atoms with van der Waals surface area (Å²) < 4.78 is 16.1. The highest BCUT2D eigenvalue weighted by atomic mass is 35.5. The molecule has 2 aromatic heterocycles. The summed E-state index contributed by atoms with van der Waals surface area (Å²) in [4.78, 5) is 24.8. The summed E-state index contributed by atoms with van der Waals surface area (Å²) >= 11 is 11.6. The van der Waals surface area contributed by atoms with Gasteiger partial charge >= 0.3 is 0 Å². The van der Waals surface area contributed by atoms with E-state index in [-0.39, 0.29) is 28.2 Å². The molecule has 0 radical (unpaired) electrons. The Bertz CT molecular complexity index is 1090. The number of aryl methyl sites for hydroxylation is 2. The number of carbonyl (C=O) groups is 1. The second-order valence-electron chi connectivity index (χ2n) is 6.51. The summed E-state index contributed by atoms with van der Waals surface area (Å²) in [6.45, 7) is 4.20. The zero-order valence-corrected chi connectivity index (χ0v) is 16.9. The van der Waals surface area contributed by atoms with Crippen LogP contribution in [-0.2, 0) is 19.5 Å². The van der Waals surface area contributed by atoms with Gasteiger partial charge in [-0.2, -0.15) is 5.10 Å². The molecule has 0 aliphatic heterocycles. The maximum atomic E-state index is 13.0. The summed E-state index contributed by atoms with van der Waals surface area (Å²) in [6, 6.07) is 8.16. The van der Waals surface area contributed by atoms with E-state index < -0.39 is 5.56 Å². The lowest BCUT2D eigenvalue weighted by Gasteiger charge is -2.10. The van der Waals surface area contributed by atoms with Crippen LogP contribution >= 0.6 is 23.2 Å². The molecule has 5 nitrogen and oxygen atoms in total. The number of Topliss-reactive ketones (excluding diaryl/α,β-unsaturated/α-hetero) is 1. The van der Waals surface area contributed by atoms with Crippen LogP contribution in [0.5, 0.6) is 0 Å². The molecule has 0 fully saturated rings. The smallest absolute Gasteiger partial charge is 0.287 e. The topological polar surface area (TPSA) is 56.9 Å². The fourth-order valence-corrected chi connectivity index (χ4v) is 3.37. The van der Waals surface area contributed by atoms with Gasteiger partial charge in [0.15, 0.2) is 5.78 Å². The van der Waals surface area contributed by atoms with Crippen LogP contribution in [0.3, 0.4) is 0 Å². The average Bonchev–Trinajstić information content (AvgIpc) is 2.96. The Hall–Kier alpha value is -2.44. The lowest BCUT2D eigenvalue weighted by molar-refractivity contribution is 0.0965. The number of aromatic nitrogens is 3. The summed E-state index contributed by atoms with van der Waals surface area (Å²) in [6.07, 6.45) is 1.95. The third-order valence-electron chi connectivity index (χ3n) is 4.65. The van der Waals surface area contributed by atoms with Crippen LogP contribution in [0.1, 0.15) is 27.3 Å². The third-order valence-corrected chi connectivity index (χ3v) is 5.40. The SMILES string of the molecule is Cc1cc(C(=O)Cn2ncc(Cl)c(Cl)c2=O)c(C)n1CCc1ccc(F)cc1. The first kappa shape index (κ1) is 20.3. The quantitative estimate of drug-likeness (QED) is 0.559. The molecule has 0 unspecified atom stereocenters. The second kappa shape index (κ2) is 8.29. The van der Waals surface area contributed by atoms with E-state index in [0.29, 0.717) is 18.5 Å². The van der Waals surface area contributed by atoms with Crippen molar-refractivity contribution in [3.63, 3.8) is 0 Å². The van der Waals surface area contributed by atoms with Crippen LogP contribution in [0.4, 0.5) is 4.39 Å². The standard InChI is InChI=1S/C20H18Cl2FN3O2/c1-12-9-16(18(27)11-26-20(28)19(22)17(21)10-24-26)13(2)25(12)8-7-14-3-5-15(23)6-4-14/h3-6,9-10H,7-8,11H2,1-2H3. The number of hydrogen-bond acceptors (Lipinski definition) is 3. The van der Waals surface area contributed by atoms with Gasteiger partial charge in [-0.3, -0.25) is 9.59 Å². The molecule has 28 heavy (non-hydrogen) atoms. The van der Waals surface area contributed by atoms with E-state index in [0.717, 1.165) is 21.6 Å². The first-order valence-corrected chi connectivity index (χ1v) is 9.39. The number of carbonyl (C=O) groups excluding carboxylic acids is 1. The van der Waals surface area contributed by atoms with Gasteiger partial charge in [0.05, 0.1) is 11.2 Å². The number of nitrogens with zero attached hydrogens (tertiary/aromatic N) is 3. The highest BCUT2D eigenvalue weighted by molar-refractivity contribution is 6.41. The van der Waals surface area contributed by atoms with Gasteiger partial charge in [-0.25, -0.2) is 9.07 Å². The molecule has 2 heterocycles. The van der Waals surface area contributed by atoms with E-state index in [9.17, 15) is 14.0 Å². The first-order chi connectivity index (χ1) is 13.3. The minimum absolute atomic E-state index is 0.0503. The summed E-state index contributed by atoms with van der Waals surface area (Å²) in [7, 11) is 0. The predicted molar refractivity (Wildman–Crippen MR) is 107 cm³/mol. The molecule has 1 aromatic carbocycles. The van der Waals surface area contributed by atoms with Crippen LogP contribution in [0, 0.1) is 19.7 Å². The van der Waals surface area contributed by atoms with Gasteiger partial charge in [-0.1, -0.05) is 35.3 Å². The van der Waals surface area contributed by atoms with E-state index in [2.05, 4.69) is 5.10 Å². The Labute approximate surface area is 171 Å². The van der Waals surface area contributed by atoms with Crippen LogP contribution in [-0.4, -0.2) is 20.1 Å². The molecule has 0 amide bonds. The number of hydrogen-bond donors (Lipinski definition) is 0. The molecule has 0 N–H and O–H groups in total. The van der Waals surface area contributed by atoms with Gasteiger partial charge < -0.3 is 4.57 Å². The first-order valence-electron chi connectivity index (χ1n) is 8.63. The Morgan fingerprint density at radius 2 is 1.86 bits per heavy atom. The molecule has 0 atom stereocenters. The maximum absolute atomic E-state index is 13.0. The zero-order chi connectivity index (χ0) is 20.4. The number of benzene rings is 1. The van der Waals surface area contributed by atoms with Crippen molar-refractivity contribution in [2.24, 2.45) is 0 Å². The Balaban J connectivity index is 1.79. The molecule has 0 saturated heterocycles. The maximum Gasteiger partial charge on any atom is 0.287 e. The Morgan fingerprint density at radius 3 is 2.54 bits per heavy atom. The van der Waals surface area contributed by atoms with Gasteiger partial charge in [0, 0.05) is 23.5 Å². The Morgan fingerprint density at radius 1 is 1.18 bits per heavy atom. The molecular weight excluding hydrogens is 404 g/mol. The largest absolute Gasteiger partial charge is 0.348 e. The van der Waals surface area contributed by atoms with E-state index in [4.69, 9.17) is 23.2 Å². The normalized spacial score (nSPS) is 11.0. The fourth-order valence-electron chi connectivity index (χ4n) is 3.10. The van der Waals surface area contributed by atoms with Crippen molar-refractivity contribution in [1.29, 1.82) is 0 Å². The fraction of sp³-hybridized carbons (Fsp3) is 0.250. The third kappa shape index (κ3) is 4.18. The lowest BCUT2D eigenvalue weighted by Crippen LogP contribution is -2.27. The Kier molecular flexibility index (Phi) is 6.01. The van der Waals surface area contributed by atoms with Crippen molar-refractivity contribution in [2.45, 2.75) is 33.4 Å². The van der Waals surface area contributed by atoms with E-state index in [1.807, 2.05) is 18.4 Å². The predicted octanol–water partition coefficient (Wildman–Crippen LogP) is 4.23. The van der Waals surface area contributed by atoms with Crippen molar-refractivity contribution in [3.8, 4) is 0 Å². The van der Waals surface area contributed by atoms with Gasteiger partial charge in [0.2, 0.25) is 0 Å². The van der Waals surface area contributed by atoms with Gasteiger partial charge in [0.25, 0.3) is 5.56 Å². The van der Waals surface area contributed by atoms with E-state index in [1.165, 1.54) is 18.3 Å². The van der Waals surface area contributed by atoms with Crippen molar-refractivity contribution in [3.05, 3.63) is 85.3 Å². The molecule has 146 valence electrons. The van der Waals surface area contributed by atoms with Crippen LogP contribution in [0.2, 0.25) is 10.0 Å². The van der Waals surface area contributed by atoms with Crippen LogP contribution < -0.4 is 5.56 Å². The van der Waals surface area contributed by atoms with Crippen LogP contribution in [0.15, 0.2) is 41.3 Å². The van der Waals surface area contributed by atoms with E-state index >= 15 is 0 Å². The molecule has 3 rings (SSSR count). The molecular formula is C20H18Cl2FN3O2. The zero-order valence-electron chi connectivity index (χ0n) is 15.4. The molecule has 0 saturated carbocycles. The minimum atomic E-state index is -0.604. The average molecular weight is 422 g/mol. The number of rotatable bonds is 6. The minimum Gasteiger partial charge on any atom is -0.348 e. The molecule has 0 aliphatic carbocycles. The van der Waals surface area contributed by atoms with Crippen LogP contribution in [0.25, 0.3) is 0 Å². The van der Waals surface area contributed by atoms with Gasteiger partial charge in [-0.05, 0) is 44.0 Å². The van der Waals surface area contributed by atoms with Gasteiger partial charge in [0.1, 0.15) is 17.4 Å². The monoisotopic (exact) mass is 421 g/mol. The van der Waals surface area contributed by atoms with Crippen molar-refractivity contribution >= 4 is 29.0 Å². The molecule has 0 aliphatic rings. The second-order valence-corrected chi connectivity index (χ2v) is 7.29. The summed E-state index contributed by atoms with van der Waals surface area (Å²) in [5.41, 5.74) is 2.66. The summed E-state index contributed by atoms with van der Waals surface area (Å²) in [5, 5.41) is 3.77. The summed E-state index contributed by atoms with van der Waals surface area (Å²) in [5.74, 6) is -0.509. The van der Waals surface area contributed by atoms with Crippen molar-refractivity contribution in [1.82, 2.24) is 14.3 Å². The highest BCUT2D eigenvalue weighted by Gasteiger charge is 2.18. The molecule has 8 heteroatoms. The number of halogens is 3. The number of ketones is 1. The molecule has 0 bridgehead atoms. The molecule has 0 spiro atoms.